The molecule has 1 aliphatic rings. The largest absolute Gasteiger partial charge is 0.480 e. The van der Waals surface area contributed by atoms with Gasteiger partial charge in [0.25, 0.3) is 11.8 Å². The Hall–Kier alpha value is -2.37. The molecule has 6 heteroatoms. The summed E-state index contributed by atoms with van der Waals surface area (Å²) in [7, 11) is 0. The maximum atomic E-state index is 12.1. The van der Waals surface area contributed by atoms with Crippen molar-refractivity contribution in [2.24, 2.45) is 0 Å². The molecule has 0 atom stereocenters. The average molecular weight is 290 g/mol. The smallest absolute Gasteiger partial charge is 0.323 e. The number of carboxylic acids is 1. The number of nitrogens with one attached hydrogen (secondary N) is 1. The Labute approximate surface area is 122 Å². The molecule has 1 fully saturated rings. The van der Waals surface area contributed by atoms with Gasteiger partial charge in [-0.05, 0) is 44.0 Å². The monoisotopic (exact) mass is 290 g/mol. The zero-order valence-electron chi connectivity index (χ0n) is 11.8. The lowest BCUT2D eigenvalue weighted by molar-refractivity contribution is -0.137. The SMILES string of the molecule is CCN(CC(=O)O)C(=O)c1ccc(C(=O)NC2CC2)cc1. The second kappa shape index (κ2) is 6.39. The summed E-state index contributed by atoms with van der Waals surface area (Å²) in [5, 5.41) is 11.6. The van der Waals surface area contributed by atoms with Crippen LogP contribution in [0.25, 0.3) is 0 Å². The van der Waals surface area contributed by atoms with E-state index < -0.39 is 5.97 Å². The zero-order chi connectivity index (χ0) is 15.4. The minimum Gasteiger partial charge on any atom is -0.480 e. The van der Waals surface area contributed by atoms with Gasteiger partial charge in [-0.2, -0.15) is 0 Å². The van der Waals surface area contributed by atoms with Crippen LogP contribution < -0.4 is 5.32 Å². The molecule has 0 bridgehead atoms. The van der Waals surface area contributed by atoms with E-state index in [9.17, 15) is 14.4 Å². The fourth-order valence-electron chi connectivity index (χ4n) is 1.93. The first-order valence-corrected chi connectivity index (χ1v) is 6.93. The van der Waals surface area contributed by atoms with Gasteiger partial charge in [-0.3, -0.25) is 14.4 Å². The molecule has 2 N–H and O–H groups in total. The molecule has 112 valence electrons. The van der Waals surface area contributed by atoms with Crippen LogP contribution in [0.1, 0.15) is 40.5 Å². The predicted octanol–water partition coefficient (Wildman–Crippen LogP) is 1.13. The van der Waals surface area contributed by atoms with E-state index in [0.29, 0.717) is 17.7 Å². The summed E-state index contributed by atoms with van der Waals surface area (Å²) in [6.45, 7) is 1.70. The first kappa shape index (κ1) is 15.0. The van der Waals surface area contributed by atoms with E-state index in [1.807, 2.05) is 0 Å². The molecular weight excluding hydrogens is 272 g/mol. The molecule has 1 aromatic carbocycles. The normalized spacial score (nSPS) is 13.6. The second-order valence-corrected chi connectivity index (χ2v) is 5.04. The molecule has 0 aromatic heterocycles. The Morgan fingerprint density at radius 2 is 1.76 bits per heavy atom. The molecule has 0 spiro atoms. The number of hydrogen-bond acceptors (Lipinski definition) is 3. The van der Waals surface area contributed by atoms with Crippen molar-refractivity contribution in [3.8, 4) is 0 Å². The number of carbonyl (C=O) groups is 3. The summed E-state index contributed by atoms with van der Waals surface area (Å²) in [5.41, 5.74) is 0.876. The van der Waals surface area contributed by atoms with E-state index in [4.69, 9.17) is 5.11 Å². The van der Waals surface area contributed by atoms with E-state index in [-0.39, 0.29) is 24.4 Å². The van der Waals surface area contributed by atoms with Gasteiger partial charge < -0.3 is 15.3 Å². The highest BCUT2D eigenvalue weighted by atomic mass is 16.4. The van der Waals surface area contributed by atoms with Crippen LogP contribution in [0.2, 0.25) is 0 Å². The van der Waals surface area contributed by atoms with Gasteiger partial charge in [-0.15, -0.1) is 0 Å². The van der Waals surface area contributed by atoms with Crippen molar-refractivity contribution in [2.75, 3.05) is 13.1 Å². The number of carbonyl (C=O) groups excluding carboxylic acids is 2. The molecule has 0 unspecified atom stereocenters. The molecule has 0 radical (unpaired) electrons. The van der Waals surface area contributed by atoms with Crippen molar-refractivity contribution in [1.82, 2.24) is 10.2 Å². The maximum absolute atomic E-state index is 12.1. The summed E-state index contributed by atoms with van der Waals surface area (Å²) >= 11 is 0. The zero-order valence-corrected chi connectivity index (χ0v) is 11.8. The number of hydrogen-bond donors (Lipinski definition) is 2. The first-order valence-electron chi connectivity index (χ1n) is 6.93. The molecule has 2 rings (SSSR count). The average Bonchev–Trinajstić information content (AvgIpc) is 3.28. The third-order valence-corrected chi connectivity index (χ3v) is 3.30. The number of amides is 2. The fraction of sp³-hybridized carbons (Fsp3) is 0.400. The quantitative estimate of drug-likeness (QED) is 0.822. The van der Waals surface area contributed by atoms with Crippen LogP contribution >= 0.6 is 0 Å². The van der Waals surface area contributed by atoms with Crippen LogP contribution in [0.4, 0.5) is 0 Å². The number of carboxylic acid groups (broad SMARTS) is 1. The molecule has 1 saturated carbocycles. The summed E-state index contributed by atoms with van der Waals surface area (Å²) in [4.78, 5) is 35.9. The van der Waals surface area contributed by atoms with Crippen LogP contribution in [-0.4, -0.2) is 46.9 Å². The Morgan fingerprint density at radius 1 is 1.19 bits per heavy atom. The summed E-state index contributed by atoms with van der Waals surface area (Å²) in [6.07, 6.45) is 2.03. The minimum atomic E-state index is -1.05. The van der Waals surface area contributed by atoms with E-state index in [2.05, 4.69) is 5.32 Å². The number of likely N-dealkylation sites (N-methyl/N-ethyl adjacent to an activating group) is 1. The predicted molar refractivity (Wildman–Crippen MR) is 76.1 cm³/mol. The summed E-state index contributed by atoms with van der Waals surface area (Å²) in [5.74, 6) is -1.55. The van der Waals surface area contributed by atoms with E-state index in [1.54, 1.807) is 31.2 Å². The third-order valence-electron chi connectivity index (χ3n) is 3.30. The van der Waals surface area contributed by atoms with Crippen LogP contribution in [0.5, 0.6) is 0 Å². The van der Waals surface area contributed by atoms with Gasteiger partial charge in [0.15, 0.2) is 0 Å². The molecule has 6 nitrogen and oxygen atoms in total. The highest BCUT2D eigenvalue weighted by Gasteiger charge is 2.24. The van der Waals surface area contributed by atoms with Crippen molar-refractivity contribution >= 4 is 17.8 Å². The Bertz CT molecular complexity index is 549. The lowest BCUT2D eigenvalue weighted by atomic mass is 10.1. The molecule has 1 aliphatic carbocycles. The van der Waals surface area contributed by atoms with Crippen LogP contribution in [0, 0.1) is 0 Å². The molecule has 0 aliphatic heterocycles. The van der Waals surface area contributed by atoms with Crippen LogP contribution in [-0.2, 0) is 4.79 Å². The van der Waals surface area contributed by atoms with Crippen molar-refractivity contribution in [3.63, 3.8) is 0 Å². The van der Waals surface area contributed by atoms with Gasteiger partial charge >= 0.3 is 5.97 Å². The highest BCUT2D eigenvalue weighted by molar-refractivity contribution is 5.98. The van der Waals surface area contributed by atoms with Crippen molar-refractivity contribution in [3.05, 3.63) is 35.4 Å². The molecule has 1 aromatic rings. The number of nitrogens with zero attached hydrogens (tertiary/aromatic N) is 1. The number of aliphatic carboxylic acids is 1. The topological polar surface area (TPSA) is 86.7 Å². The fourth-order valence-corrected chi connectivity index (χ4v) is 1.93. The minimum absolute atomic E-state index is 0.144. The van der Waals surface area contributed by atoms with E-state index in [1.165, 1.54) is 4.90 Å². The van der Waals surface area contributed by atoms with Crippen LogP contribution in [0.3, 0.4) is 0 Å². The van der Waals surface area contributed by atoms with Gasteiger partial charge in [0.05, 0.1) is 0 Å². The van der Waals surface area contributed by atoms with Crippen molar-refractivity contribution in [1.29, 1.82) is 0 Å². The van der Waals surface area contributed by atoms with Gasteiger partial charge in [0.2, 0.25) is 0 Å². The molecule has 0 heterocycles. The lowest BCUT2D eigenvalue weighted by Gasteiger charge is -2.18. The van der Waals surface area contributed by atoms with Gasteiger partial charge in [-0.25, -0.2) is 0 Å². The van der Waals surface area contributed by atoms with Crippen molar-refractivity contribution < 1.29 is 19.5 Å². The number of rotatable bonds is 6. The highest BCUT2D eigenvalue weighted by Crippen LogP contribution is 2.19. The molecular formula is C15H18N2O4. The van der Waals surface area contributed by atoms with Gasteiger partial charge in [-0.1, -0.05) is 0 Å². The second-order valence-electron chi connectivity index (χ2n) is 5.04. The summed E-state index contributed by atoms with van der Waals surface area (Å²) in [6, 6.07) is 6.55. The van der Waals surface area contributed by atoms with Crippen molar-refractivity contribution in [2.45, 2.75) is 25.8 Å². The Morgan fingerprint density at radius 3 is 2.24 bits per heavy atom. The van der Waals surface area contributed by atoms with Gasteiger partial charge in [0.1, 0.15) is 6.54 Å². The Balaban J connectivity index is 2.04. The van der Waals surface area contributed by atoms with E-state index in [0.717, 1.165) is 12.8 Å². The van der Waals surface area contributed by atoms with Gasteiger partial charge in [0, 0.05) is 23.7 Å². The lowest BCUT2D eigenvalue weighted by Crippen LogP contribution is -2.35. The summed E-state index contributed by atoms with van der Waals surface area (Å²) < 4.78 is 0. The third kappa shape index (κ3) is 4.05. The molecule has 21 heavy (non-hydrogen) atoms. The first-order chi connectivity index (χ1) is 10.0. The number of benzene rings is 1. The van der Waals surface area contributed by atoms with E-state index >= 15 is 0 Å². The maximum Gasteiger partial charge on any atom is 0.323 e. The Kier molecular flexibility index (Phi) is 4.57. The molecule has 2 amide bonds. The van der Waals surface area contributed by atoms with Crippen LogP contribution in [0.15, 0.2) is 24.3 Å². The molecule has 0 saturated heterocycles. The standard InChI is InChI=1S/C15H18N2O4/c1-2-17(9-13(18)19)15(21)11-5-3-10(4-6-11)14(20)16-12-7-8-12/h3-6,12H,2,7-9H2,1H3,(H,16,20)(H,18,19).